The number of amides is 1. The van der Waals surface area contributed by atoms with Crippen molar-refractivity contribution in [1.82, 2.24) is 9.80 Å². The van der Waals surface area contributed by atoms with Crippen LogP contribution in [0.5, 0.6) is 0 Å². The summed E-state index contributed by atoms with van der Waals surface area (Å²) >= 11 is 12.5. The molecule has 2 aliphatic rings. The Morgan fingerprint density at radius 3 is 2.20 bits per heavy atom. The van der Waals surface area contributed by atoms with Gasteiger partial charge in [0, 0.05) is 25.4 Å². The summed E-state index contributed by atoms with van der Waals surface area (Å²) in [6.45, 7) is 3.25. The van der Waals surface area contributed by atoms with E-state index in [9.17, 15) is 31.1 Å². The molecule has 6 nitrogen and oxygen atoms in total. The van der Waals surface area contributed by atoms with Crippen molar-refractivity contribution < 1.29 is 40.7 Å². The molecule has 1 amide bonds. The second-order valence-corrected chi connectivity index (χ2v) is 12.2. The maximum Gasteiger partial charge on any atom is 0.416 e. The normalized spacial score (nSPS) is 18.1. The van der Waals surface area contributed by atoms with Crippen LogP contribution in [-0.2, 0) is 33.3 Å². The molecule has 2 aromatic carbocycles. The lowest BCUT2D eigenvalue weighted by Gasteiger charge is -2.34. The van der Waals surface area contributed by atoms with E-state index in [4.69, 9.17) is 32.8 Å². The fourth-order valence-corrected chi connectivity index (χ4v) is 6.16. The smallest absolute Gasteiger partial charge is 0.399 e. The third kappa shape index (κ3) is 9.97. The van der Waals surface area contributed by atoms with E-state index in [0.29, 0.717) is 53.2 Å². The van der Waals surface area contributed by atoms with Gasteiger partial charge in [-0.1, -0.05) is 34.4 Å². The van der Waals surface area contributed by atoms with Crippen molar-refractivity contribution in [1.29, 1.82) is 0 Å². The minimum absolute atomic E-state index is 0.0797. The summed E-state index contributed by atoms with van der Waals surface area (Å²) in [5.41, 5.74) is -1.96. The zero-order chi connectivity index (χ0) is 32.8. The van der Waals surface area contributed by atoms with E-state index in [0.717, 1.165) is 51.0 Å². The van der Waals surface area contributed by atoms with Crippen LogP contribution in [0.15, 0.2) is 41.6 Å². The number of oxime groups is 1. The third-order valence-corrected chi connectivity index (χ3v) is 8.95. The first-order valence-electron chi connectivity index (χ1n) is 14.7. The number of carbonyl (C=O) groups is 1. The Balaban J connectivity index is 1.45. The first-order chi connectivity index (χ1) is 21.2. The molecule has 0 aliphatic carbocycles. The van der Waals surface area contributed by atoms with E-state index in [1.807, 2.05) is 4.90 Å². The van der Waals surface area contributed by atoms with Gasteiger partial charge in [-0.05, 0) is 92.7 Å². The Morgan fingerprint density at radius 1 is 0.978 bits per heavy atom. The van der Waals surface area contributed by atoms with Crippen LogP contribution in [-0.4, -0.2) is 67.9 Å². The number of carbonyl (C=O) groups excluding carboxylic acids is 1. The maximum absolute atomic E-state index is 13.3. The summed E-state index contributed by atoms with van der Waals surface area (Å²) in [5.74, 6) is 0.275. The van der Waals surface area contributed by atoms with Crippen LogP contribution >= 0.6 is 23.2 Å². The van der Waals surface area contributed by atoms with Gasteiger partial charge in [-0.15, -0.1) is 0 Å². The lowest BCUT2D eigenvalue weighted by Crippen LogP contribution is -2.40. The molecule has 14 heteroatoms. The van der Waals surface area contributed by atoms with Crippen LogP contribution in [0.4, 0.5) is 26.3 Å². The predicted octanol–water partition coefficient (Wildman–Crippen LogP) is 8.06. The number of benzene rings is 2. The fraction of sp³-hybridized carbons (Fsp3) is 0.548. The summed E-state index contributed by atoms with van der Waals surface area (Å²) < 4.78 is 85.6. The average Bonchev–Trinajstić information content (AvgIpc) is 3.38. The maximum atomic E-state index is 13.3. The Bertz CT molecular complexity index is 1310. The standard InChI is InChI=1S/C31H35Cl2F6N3O3/c1-44-40-28(19-45-18-21-13-23(30(34,35)36)16-24(14-21)31(37,38)39)25(22-4-5-26(32)27(33)15-22)8-12-41-10-6-20(7-11-41)17-42-9-2-3-29(42)43/h4-5,13-16,20,25H,2-3,6-12,17-19H2,1H3/b40-28+. The van der Waals surface area contributed by atoms with Crippen molar-refractivity contribution in [3.05, 3.63) is 68.7 Å². The monoisotopic (exact) mass is 681 g/mol. The highest BCUT2D eigenvalue weighted by Crippen LogP contribution is 2.37. The minimum atomic E-state index is -4.96. The van der Waals surface area contributed by atoms with E-state index in [-0.39, 0.29) is 24.1 Å². The van der Waals surface area contributed by atoms with E-state index < -0.39 is 36.0 Å². The fourth-order valence-electron chi connectivity index (χ4n) is 5.85. The average molecular weight is 683 g/mol. The number of rotatable bonds is 12. The van der Waals surface area contributed by atoms with Gasteiger partial charge < -0.3 is 19.4 Å². The van der Waals surface area contributed by atoms with Crippen LogP contribution in [0.3, 0.4) is 0 Å². The zero-order valence-corrected chi connectivity index (χ0v) is 26.2. The highest BCUT2D eigenvalue weighted by molar-refractivity contribution is 6.42. The highest BCUT2D eigenvalue weighted by atomic mass is 35.5. The Labute approximate surface area is 268 Å². The van der Waals surface area contributed by atoms with Gasteiger partial charge in [0.15, 0.2) is 0 Å². The second-order valence-electron chi connectivity index (χ2n) is 11.4. The van der Waals surface area contributed by atoms with Crippen molar-refractivity contribution in [2.75, 3.05) is 46.4 Å². The molecule has 0 aromatic heterocycles. The summed E-state index contributed by atoms with van der Waals surface area (Å²) in [6, 6.07) is 6.48. The first kappa shape index (κ1) is 35.3. The molecule has 45 heavy (non-hydrogen) atoms. The summed E-state index contributed by atoms with van der Waals surface area (Å²) in [5, 5.41) is 4.81. The molecule has 0 radical (unpaired) electrons. The van der Waals surface area contributed by atoms with Gasteiger partial charge >= 0.3 is 12.4 Å². The lowest BCUT2D eigenvalue weighted by atomic mass is 9.90. The number of ether oxygens (including phenoxy) is 1. The second kappa shape index (κ2) is 15.4. The number of likely N-dealkylation sites (tertiary alicyclic amines) is 2. The number of hydrogen-bond acceptors (Lipinski definition) is 5. The van der Waals surface area contributed by atoms with Crippen molar-refractivity contribution >= 4 is 34.8 Å². The molecule has 0 N–H and O–H groups in total. The predicted molar refractivity (Wildman–Crippen MR) is 159 cm³/mol. The summed E-state index contributed by atoms with van der Waals surface area (Å²) in [7, 11) is 1.34. The SMILES string of the molecule is CO/N=C(\COCc1cc(C(F)(F)F)cc(C(F)(F)F)c1)C(CCN1CCC(CN2CCCC2=O)CC1)c1ccc(Cl)c(Cl)c1. The Kier molecular flexibility index (Phi) is 12.1. The Hall–Kier alpha value is -2.54. The zero-order valence-electron chi connectivity index (χ0n) is 24.7. The van der Waals surface area contributed by atoms with E-state index in [2.05, 4.69) is 10.1 Å². The molecule has 2 aliphatic heterocycles. The van der Waals surface area contributed by atoms with Crippen LogP contribution in [0.2, 0.25) is 10.0 Å². The number of halogens is 8. The van der Waals surface area contributed by atoms with E-state index in [1.54, 1.807) is 18.2 Å². The third-order valence-electron chi connectivity index (χ3n) is 8.21. The molecule has 2 heterocycles. The molecule has 0 saturated carbocycles. The topological polar surface area (TPSA) is 54.4 Å². The molecule has 1 unspecified atom stereocenters. The highest BCUT2D eigenvalue weighted by Gasteiger charge is 2.37. The number of nitrogens with zero attached hydrogens (tertiary/aromatic N) is 3. The summed E-state index contributed by atoms with van der Waals surface area (Å²) in [6.07, 6.45) is -5.91. The van der Waals surface area contributed by atoms with Crippen LogP contribution < -0.4 is 0 Å². The molecule has 1 atom stereocenters. The quantitative estimate of drug-likeness (QED) is 0.129. The van der Waals surface area contributed by atoms with Gasteiger partial charge in [0.25, 0.3) is 0 Å². The largest absolute Gasteiger partial charge is 0.416 e. The van der Waals surface area contributed by atoms with Gasteiger partial charge in [-0.25, -0.2) is 0 Å². The molecule has 2 saturated heterocycles. The van der Waals surface area contributed by atoms with Gasteiger partial charge in [0.1, 0.15) is 7.11 Å². The van der Waals surface area contributed by atoms with Gasteiger partial charge in [-0.3, -0.25) is 4.79 Å². The summed E-state index contributed by atoms with van der Waals surface area (Å²) in [4.78, 5) is 21.4. The van der Waals surface area contributed by atoms with Gasteiger partial charge in [0.05, 0.1) is 40.1 Å². The molecular formula is C31H35Cl2F6N3O3. The molecule has 248 valence electrons. The van der Waals surface area contributed by atoms with Gasteiger partial charge in [0.2, 0.25) is 5.91 Å². The van der Waals surface area contributed by atoms with E-state index >= 15 is 0 Å². The van der Waals surface area contributed by atoms with Crippen LogP contribution in [0.25, 0.3) is 0 Å². The number of alkyl halides is 6. The van der Waals surface area contributed by atoms with Crippen LogP contribution in [0.1, 0.15) is 60.3 Å². The van der Waals surface area contributed by atoms with Gasteiger partial charge in [-0.2, -0.15) is 26.3 Å². The van der Waals surface area contributed by atoms with Crippen LogP contribution in [0, 0.1) is 5.92 Å². The first-order valence-corrected chi connectivity index (χ1v) is 15.4. The Morgan fingerprint density at radius 2 is 1.64 bits per heavy atom. The molecule has 2 aromatic rings. The molecule has 4 rings (SSSR count). The lowest BCUT2D eigenvalue weighted by molar-refractivity contribution is -0.143. The molecule has 0 spiro atoms. The van der Waals surface area contributed by atoms with Crippen molar-refractivity contribution in [2.24, 2.45) is 11.1 Å². The van der Waals surface area contributed by atoms with Crippen molar-refractivity contribution in [3.8, 4) is 0 Å². The molecule has 0 bridgehead atoms. The van der Waals surface area contributed by atoms with E-state index in [1.165, 1.54) is 7.11 Å². The van der Waals surface area contributed by atoms with Crippen molar-refractivity contribution in [2.45, 2.75) is 57.0 Å². The van der Waals surface area contributed by atoms with Crippen molar-refractivity contribution in [3.63, 3.8) is 0 Å². The minimum Gasteiger partial charge on any atom is -0.399 e. The molecular weight excluding hydrogens is 647 g/mol. The number of piperidine rings is 1. The molecule has 2 fully saturated rings. The number of hydrogen-bond donors (Lipinski definition) is 0.